The fourth-order valence-corrected chi connectivity index (χ4v) is 5.01. The zero-order valence-corrected chi connectivity index (χ0v) is 16.4. The third-order valence-corrected chi connectivity index (χ3v) is 7.01. The lowest BCUT2D eigenvalue weighted by atomic mass is 10.2. The van der Waals surface area contributed by atoms with Crippen LogP contribution in [0.25, 0.3) is 11.4 Å². The minimum absolute atomic E-state index is 0.377. The van der Waals surface area contributed by atoms with Crippen LogP contribution < -0.4 is 5.19 Å². The number of nitrogens with zero attached hydrogens (tertiary/aromatic N) is 2. The molecule has 2 heterocycles. The first-order valence-electron chi connectivity index (χ1n) is 7.76. The number of hydrogen-bond donors (Lipinski definition) is 0. The summed E-state index contributed by atoms with van der Waals surface area (Å²) in [6.45, 7) is 7.23. The second kappa shape index (κ2) is 8.89. The van der Waals surface area contributed by atoms with Crippen molar-refractivity contribution in [3.63, 3.8) is 0 Å². The zero-order valence-electron chi connectivity index (χ0n) is 13.9. The summed E-state index contributed by atoms with van der Waals surface area (Å²) >= 11 is 12.2. The van der Waals surface area contributed by atoms with Gasteiger partial charge in [0.25, 0.3) is 0 Å². The van der Waals surface area contributed by atoms with E-state index in [4.69, 9.17) is 36.5 Å². The van der Waals surface area contributed by atoms with Gasteiger partial charge in [-0.15, -0.1) is 0 Å². The van der Waals surface area contributed by atoms with Crippen molar-refractivity contribution in [2.75, 3.05) is 19.8 Å². The van der Waals surface area contributed by atoms with Crippen molar-refractivity contribution in [1.29, 1.82) is 0 Å². The van der Waals surface area contributed by atoms with Gasteiger partial charge < -0.3 is 13.3 Å². The largest absolute Gasteiger partial charge is 0.538 e. The number of aromatic nitrogens is 2. The minimum Gasteiger partial charge on any atom is -0.370 e. The fraction of sp³-hybridized carbons (Fsp3) is 0.375. The maximum atomic E-state index is 6.21. The Morgan fingerprint density at radius 2 is 1.54 bits per heavy atom. The van der Waals surface area contributed by atoms with E-state index in [9.17, 15) is 0 Å². The van der Waals surface area contributed by atoms with Crippen LogP contribution in [-0.4, -0.2) is 38.6 Å². The van der Waals surface area contributed by atoms with Crippen LogP contribution in [0.15, 0.2) is 30.6 Å². The highest BCUT2D eigenvalue weighted by atomic mass is 35.5. The van der Waals surface area contributed by atoms with E-state index in [1.54, 1.807) is 18.5 Å². The Morgan fingerprint density at radius 3 is 2.04 bits per heavy atom. The number of halogens is 2. The highest BCUT2D eigenvalue weighted by Crippen LogP contribution is 2.30. The molecule has 0 N–H and O–H groups in total. The first kappa shape index (κ1) is 19.3. The molecular formula is C16H20Cl2N2O3Si. The van der Waals surface area contributed by atoms with E-state index in [2.05, 4.69) is 9.97 Å². The molecular weight excluding hydrogens is 367 g/mol. The van der Waals surface area contributed by atoms with Crippen molar-refractivity contribution < 1.29 is 13.3 Å². The number of rotatable bonds is 8. The van der Waals surface area contributed by atoms with Gasteiger partial charge in [-0.2, -0.15) is 0 Å². The molecule has 0 amide bonds. The molecule has 0 bridgehead atoms. The Labute approximate surface area is 153 Å². The molecule has 0 aliphatic carbocycles. The smallest absolute Gasteiger partial charge is 0.370 e. The summed E-state index contributed by atoms with van der Waals surface area (Å²) in [5, 5.41) is 1.62. The molecule has 24 heavy (non-hydrogen) atoms. The predicted octanol–water partition coefficient (Wildman–Crippen LogP) is 3.71. The molecule has 0 saturated heterocycles. The maximum Gasteiger partial charge on any atom is 0.538 e. The molecule has 0 atom stereocenters. The van der Waals surface area contributed by atoms with Crippen LogP contribution >= 0.6 is 23.2 Å². The van der Waals surface area contributed by atoms with E-state index in [1.807, 2.05) is 32.9 Å². The summed E-state index contributed by atoms with van der Waals surface area (Å²) < 4.78 is 17.6. The molecule has 0 aliphatic heterocycles. The second-order valence-corrected chi connectivity index (χ2v) is 8.08. The summed E-state index contributed by atoms with van der Waals surface area (Å²) in [5.74, 6) is 0. The highest BCUT2D eigenvalue weighted by Gasteiger charge is 2.43. The lowest BCUT2D eigenvalue weighted by Gasteiger charge is -2.28. The predicted molar refractivity (Wildman–Crippen MR) is 97.8 cm³/mol. The van der Waals surface area contributed by atoms with Crippen molar-refractivity contribution in [3.8, 4) is 11.4 Å². The van der Waals surface area contributed by atoms with Gasteiger partial charge in [0.05, 0.1) is 15.7 Å². The van der Waals surface area contributed by atoms with E-state index in [-0.39, 0.29) is 0 Å². The molecule has 2 aromatic heterocycles. The van der Waals surface area contributed by atoms with Gasteiger partial charge in [-0.3, -0.25) is 9.97 Å². The summed E-state index contributed by atoms with van der Waals surface area (Å²) in [7, 11) is -2.96. The summed E-state index contributed by atoms with van der Waals surface area (Å²) in [6.07, 6.45) is 3.29. The molecule has 8 heteroatoms. The van der Waals surface area contributed by atoms with Gasteiger partial charge in [0.15, 0.2) is 0 Å². The normalized spacial score (nSPS) is 11.7. The molecule has 0 saturated carbocycles. The monoisotopic (exact) mass is 386 g/mol. The summed E-state index contributed by atoms with van der Waals surface area (Å²) in [4.78, 5) is 8.70. The Morgan fingerprint density at radius 1 is 0.917 bits per heavy atom. The lowest BCUT2D eigenvalue weighted by molar-refractivity contribution is 0.0858. The molecule has 0 fully saturated rings. The summed E-state index contributed by atoms with van der Waals surface area (Å²) in [5.41, 5.74) is 1.16. The van der Waals surface area contributed by atoms with Crippen molar-refractivity contribution >= 4 is 37.2 Å². The Balaban J connectivity index is 2.40. The molecule has 5 nitrogen and oxygen atoms in total. The average molecular weight is 387 g/mol. The van der Waals surface area contributed by atoms with Crippen molar-refractivity contribution in [1.82, 2.24) is 9.97 Å². The van der Waals surface area contributed by atoms with Gasteiger partial charge in [0.1, 0.15) is 5.69 Å². The Hall–Kier alpha value is -1.02. The first-order chi connectivity index (χ1) is 11.6. The van der Waals surface area contributed by atoms with Crippen LogP contribution in [0.4, 0.5) is 0 Å². The molecule has 2 aromatic rings. The molecule has 0 radical (unpaired) electrons. The minimum atomic E-state index is -2.96. The van der Waals surface area contributed by atoms with Gasteiger partial charge in [-0.25, -0.2) is 0 Å². The Bertz CT molecular complexity index is 654. The van der Waals surface area contributed by atoms with Crippen LogP contribution in [0.5, 0.6) is 0 Å². The van der Waals surface area contributed by atoms with E-state index < -0.39 is 8.80 Å². The second-order valence-electron chi connectivity index (χ2n) is 4.74. The van der Waals surface area contributed by atoms with Crippen LogP contribution in [0.1, 0.15) is 20.8 Å². The molecule has 130 valence electrons. The van der Waals surface area contributed by atoms with E-state index in [1.165, 1.54) is 0 Å². The third-order valence-electron chi connectivity index (χ3n) is 3.20. The van der Waals surface area contributed by atoms with Crippen molar-refractivity contribution in [2.45, 2.75) is 20.8 Å². The van der Waals surface area contributed by atoms with Crippen LogP contribution in [-0.2, 0) is 13.3 Å². The maximum absolute atomic E-state index is 6.21. The van der Waals surface area contributed by atoms with Crippen molar-refractivity contribution in [3.05, 3.63) is 40.6 Å². The third kappa shape index (κ3) is 4.14. The lowest BCUT2D eigenvalue weighted by Crippen LogP contribution is -2.57. The topological polar surface area (TPSA) is 53.5 Å². The van der Waals surface area contributed by atoms with E-state index in [0.717, 1.165) is 5.19 Å². The SMILES string of the molecule is CCO[Si](OCC)(OCC)c1ccc(-c2nccc(Cl)c2Cl)nc1. The molecule has 0 aliphatic rings. The zero-order chi connectivity index (χ0) is 17.6. The van der Waals surface area contributed by atoms with E-state index in [0.29, 0.717) is 41.3 Å². The van der Waals surface area contributed by atoms with Gasteiger partial charge in [0.2, 0.25) is 0 Å². The molecule has 2 rings (SSSR count). The summed E-state index contributed by atoms with van der Waals surface area (Å²) in [6, 6.07) is 5.34. The van der Waals surface area contributed by atoms with Gasteiger partial charge in [-0.05, 0) is 32.9 Å². The van der Waals surface area contributed by atoms with Crippen LogP contribution in [0, 0.1) is 0 Å². The van der Waals surface area contributed by atoms with Gasteiger partial charge >= 0.3 is 8.80 Å². The number of pyridine rings is 2. The molecule has 0 spiro atoms. The van der Waals surface area contributed by atoms with Crippen LogP contribution in [0.3, 0.4) is 0 Å². The van der Waals surface area contributed by atoms with Gasteiger partial charge in [0, 0.05) is 37.4 Å². The first-order valence-corrected chi connectivity index (χ1v) is 10.2. The molecule has 0 unspecified atom stereocenters. The van der Waals surface area contributed by atoms with Crippen molar-refractivity contribution in [2.24, 2.45) is 0 Å². The Kier molecular flexibility index (Phi) is 7.15. The highest BCUT2D eigenvalue weighted by molar-refractivity contribution is 6.75. The fourth-order valence-electron chi connectivity index (χ4n) is 2.26. The number of hydrogen-bond acceptors (Lipinski definition) is 5. The quantitative estimate of drug-likeness (QED) is 0.647. The average Bonchev–Trinajstić information content (AvgIpc) is 2.58. The van der Waals surface area contributed by atoms with E-state index >= 15 is 0 Å². The molecule has 0 aromatic carbocycles. The van der Waals surface area contributed by atoms with Gasteiger partial charge in [-0.1, -0.05) is 29.3 Å². The standard InChI is InChI=1S/C16H20Cl2N2O3Si/c1-4-21-24(22-5-2,23-6-3)12-7-8-14(20-11-12)16-15(18)13(17)9-10-19-16/h7-11H,4-6H2,1-3H3. The van der Waals surface area contributed by atoms with Crippen LogP contribution in [0.2, 0.25) is 10.0 Å².